The second-order valence-electron chi connectivity index (χ2n) is 6.92. The van der Waals surface area contributed by atoms with Crippen molar-refractivity contribution in [1.82, 2.24) is 10.6 Å². The first-order valence-corrected chi connectivity index (χ1v) is 10.5. The van der Waals surface area contributed by atoms with Crippen LogP contribution in [0.3, 0.4) is 0 Å². The van der Waals surface area contributed by atoms with E-state index in [1.807, 2.05) is 37.4 Å². The van der Waals surface area contributed by atoms with Crippen LogP contribution in [0.2, 0.25) is 0 Å². The lowest BCUT2D eigenvalue weighted by Gasteiger charge is -2.12. The minimum atomic E-state index is -0.420. The van der Waals surface area contributed by atoms with E-state index in [2.05, 4.69) is 10.6 Å². The Bertz CT molecular complexity index is 1070. The van der Waals surface area contributed by atoms with Gasteiger partial charge in [0.25, 0.3) is 11.8 Å². The van der Waals surface area contributed by atoms with Crippen molar-refractivity contribution >= 4 is 29.2 Å². The van der Waals surface area contributed by atoms with Crippen LogP contribution in [-0.4, -0.2) is 18.4 Å². The number of carbonyl (C=O) groups excluding carboxylic acids is 2. The largest absolute Gasteiger partial charge is 0.350 e. The van der Waals surface area contributed by atoms with Gasteiger partial charge in [0.2, 0.25) is 0 Å². The maximum Gasteiger partial charge on any atom is 0.267 e. The molecule has 2 aromatic carbocycles. The molecule has 0 unspecified atom stereocenters. The van der Waals surface area contributed by atoms with Gasteiger partial charge >= 0.3 is 0 Å². The Morgan fingerprint density at radius 3 is 2.53 bits per heavy atom. The topological polar surface area (TPSA) is 58.2 Å². The fourth-order valence-electron chi connectivity index (χ4n) is 2.86. The van der Waals surface area contributed by atoms with Crippen LogP contribution in [0.5, 0.6) is 0 Å². The molecule has 0 aliphatic carbocycles. The summed E-state index contributed by atoms with van der Waals surface area (Å²) in [6.45, 7) is 4.16. The summed E-state index contributed by atoms with van der Waals surface area (Å²) in [6.07, 6.45) is 2.00. The van der Waals surface area contributed by atoms with Gasteiger partial charge < -0.3 is 10.6 Å². The summed E-state index contributed by atoms with van der Waals surface area (Å²) in [4.78, 5) is 26.3. The molecule has 2 amide bonds. The van der Waals surface area contributed by atoms with E-state index in [1.165, 1.54) is 17.4 Å². The van der Waals surface area contributed by atoms with E-state index in [4.69, 9.17) is 0 Å². The molecule has 2 N–H and O–H groups in total. The van der Waals surface area contributed by atoms with E-state index < -0.39 is 5.91 Å². The Morgan fingerprint density at radius 1 is 1.03 bits per heavy atom. The molecule has 1 aromatic heterocycles. The summed E-state index contributed by atoms with van der Waals surface area (Å²) < 4.78 is 13.8. The minimum Gasteiger partial charge on any atom is -0.350 e. The monoisotopic (exact) mass is 422 g/mol. The maximum atomic E-state index is 13.8. The van der Waals surface area contributed by atoms with Crippen LogP contribution in [0, 0.1) is 19.7 Å². The fourth-order valence-corrected chi connectivity index (χ4v) is 3.52. The first-order valence-electron chi connectivity index (χ1n) is 9.59. The number of nitrogens with one attached hydrogen (secondary N) is 2. The quantitative estimate of drug-likeness (QED) is 0.545. The molecule has 0 saturated heterocycles. The number of aryl methyl sites for hydroxylation is 2. The first-order chi connectivity index (χ1) is 14.4. The van der Waals surface area contributed by atoms with Crippen molar-refractivity contribution in [2.24, 2.45) is 0 Å². The van der Waals surface area contributed by atoms with Crippen molar-refractivity contribution in [3.05, 3.63) is 98.6 Å². The average Bonchev–Trinajstić information content (AvgIpc) is 3.24. The zero-order valence-electron chi connectivity index (χ0n) is 16.9. The van der Waals surface area contributed by atoms with Crippen LogP contribution < -0.4 is 10.6 Å². The summed E-state index contributed by atoms with van der Waals surface area (Å²) in [7, 11) is 0. The summed E-state index contributed by atoms with van der Waals surface area (Å²) >= 11 is 1.46. The van der Waals surface area contributed by atoms with Crippen LogP contribution in [0.4, 0.5) is 4.39 Å². The maximum absolute atomic E-state index is 13.8. The predicted octanol–water partition coefficient (Wildman–Crippen LogP) is 4.63. The van der Waals surface area contributed by atoms with Crippen molar-refractivity contribution in [3.8, 4) is 0 Å². The molecule has 0 spiro atoms. The van der Waals surface area contributed by atoms with Crippen molar-refractivity contribution < 1.29 is 14.0 Å². The number of halogens is 1. The second kappa shape index (κ2) is 9.98. The predicted molar refractivity (Wildman–Crippen MR) is 119 cm³/mol. The Kier molecular flexibility index (Phi) is 7.14. The lowest BCUT2D eigenvalue weighted by molar-refractivity contribution is -0.117. The molecular formula is C24H23FN2O2S. The van der Waals surface area contributed by atoms with Gasteiger partial charge in [0.15, 0.2) is 0 Å². The molecule has 154 valence electrons. The summed E-state index contributed by atoms with van der Waals surface area (Å²) in [5.41, 5.74) is 3.25. The van der Waals surface area contributed by atoms with Gasteiger partial charge in [-0.25, -0.2) is 4.39 Å². The Hall–Kier alpha value is -3.25. The summed E-state index contributed by atoms with van der Waals surface area (Å²) in [5, 5.41) is 7.38. The van der Waals surface area contributed by atoms with Crippen LogP contribution in [-0.2, 0) is 11.2 Å². The molecule has 30 heavy (non-hydrogen) atoms. The van der Waals surface area contributed by atoms with E-state index >= 15 is 0 Å². The third kappa shape index (κ3) is 5.64. The van der Waals surface area contributed by atoms with Gasteiger partial charge in [-0.2, -0.15) is 0 Å². The van der Waals surface area contributed by atoms with Crippen molar-refractivity contribution in [1.29, 1.82) is 0 Å². The molecule has 3 rings (SSSR count). The van der Waals surface area contributed by atoms with Gasteiger partial charge in [0, 0.05) is 17.0 Å². The van der Waals surface area contributed by atoms with Gasteiger partial charge in [-0.05, 0) is 72.7 Å². The molecule has 0 fully saturated rings. The van der Waals surface area contributed by atoms with Crippen molar-refractivity contribution in [3.63, 3.8) is 0 Å². The van der Waals surface area contributed by atoms with Crippen molar-refractivity contribution in [2.75, 3.05) is 6.54 Å². The molecule has 0 radical (unpaired) electrons. The van der Waals surface area contributed by atoms with E-state index in [0.29, 0.717) is 17.5 Å². The third-order valence-electron chi connectivity index (χ3n) is 4.73. The first kappa shape index (κ1) is 21.5. The molecule has 6 heteroatoms. The Labute approximate surface area is 179 Å². The van der Waals surface area contributed by atoms with Gasteiger partial charge in [-0.3, -0.25) is 9.59 Å². The molecular weight excluding hydrogens is 399 g/mol. The Balaban J connectivity index is 1.72. The SMILES string of the molecule is Cc1ccc(C(=O)NC(=Cc2cccs2)C(=O)NCCc2ccccc2F)cc1C. The average molecular weight is 423 g/mol. The molecule has 0 saturated carbocycles. The van der Waals surface area contributed by atoms with E-state index in [-0.39, 0.29) is 24.0 Å². The molecule has 0 bridgehead atoms. The summed E-state index contributed by atoms with van der Waals surface area (Å²) in [6, 6.07) is 15.6. The number of hydrogen-bond donors (Lipinski definition) is 2. The smallest absolute Gasteiger partial charge is 0.267 e. The van der Waals surface area contributed by atoms with Crippen LogP contribution >= 0.6 is 11.3 Å². The van der Waals surface area contributed by atoms with Crippen molar-refractivity contribution in [2.45, 2.75) is 20.3 Å². The highest BCUT2D eigenvalue weighted by atomic mass is 32.1. The van der Waals surface area contributed by atoms with Crippen LogP contribution in [0.15, 0.2) is 65.7 Å². The van der Waals surface area contributed by atoms with E-state index in [0.717, 1.165) is 16.0 Å². The Morgan fingerprint density at radius 2 is 1.83 bits per heavy atom. The number of benzene rings is 2. The standard InChI is InChI=1S/C24H23FN2O2S/c1-16-9-10-19(14-17(16)2)23(28)27-22(15-20-7-5-13-30-20)24(29)26-12-11-18-6-3-4-8-21(18)25/h3-10,13-15H,11-12H2,1-2H3,(H,26,29)(H,27,28). The third-order valence-corrected chi connectivity index (χ3v) is 5.55. The summed E-state index contributed by atoms with van der Waals surface area (Å²) in [5.74, 6) is -1.08. The molecule has 4 nitrogen and oxygen atoms in total. The van der Waals surface area contributed by atoms with Gasteiger partial charge in [0.05, 0.1) is 0 Å². The fraction of sp³-hybridized carbons (Fsp3) is 0.167. The molecule has 0 atom stereocenters. The number of thiophene rings is 1. The normalized spacial score (nSPS) is 11.2. The van der Waals surface area contributed by atoms with Gasteiger partial charge in [-0.1, -0.05) is 30.3 Å². The van der Waals surface area contributed by atoms with Gasteiger partial charge in [0.1, 0.15) is 11.5 Å². The van der Waals surface area contributed by atoms with Crippen LogP contribution in [0.25, 0.3) is 6.08 Å². The van der Waals surface area contributed by atoms with E-state index in [1.54, 1.807) is 36.4 Å². The number of rotatable bonds is 7. The molecule has 0 aliphatic rings. The minimum absolute atomic E-state index is 0.147. The van der Waals surface area contributed by atoms with E-state index in [9.17, 15) is 14.0 Å². The zero-order valence-corrected chi connectivity index (χ0v) is 17.7. The zero-order chi connectivity index (χ0) is 21.5. The number of amides is 2. The van der Waals surface area contributed by atoms with Crippen LogP contribution in [0.1, 0.15) is 31.9 Å². The van der Waals surface area contributed by atoms with Gasteiger partial charge in [-0.15, -0.1) is 11.3 Å². The highest BCUT2D eigenvalue weighted by molar-refractivity contribution is 7.10. The highest BCUT2D eigenvalue weighted by Crippen LogP contribution is 2.14. The molecule has 3 aromatic rings. The lowest BCUT2D eigenvalue weighted by Crippen LogP contribution is -2.35. The second-order valence-corrected chi connectivity index (χ2v) is 7.90. The highest BCUT2D eigenvalue weighted by Gasteiger charge is 2.15. The number of hydrogen-bond acceptors (Lipinski definition) is 3. The molecule has 1 heterocycles. The molecule has 0 aliphatic heterocycles. The lowest BCUT2D eigenvalue weighted by atomic mass is 10.1. The number of carbonyl (C=O) groups is 2.